The van der Waals surface area contributed by atoms with Gasteiger partial charge in [0.1, 0.15) is 0 Å². The minimum absolute atomic E-state index is 0.216. The van der Waals surface area contributed by atoms with Gasteiger partial charge in [0.05, 0.1) is 17.1 Å². The van der Waals surface area contributed by atoms with E-state index in [-0.39, 0.29) is 18.0 Å². The van der Waals surface area contributed by atoms with Crippen LogP contribution in [-0.2, 0) is 21.2 Å². The Labute approximate surface area is 184 Å². The predicted octanol–water partition coefficient (Wildman–Crippen LogP) is 3.60. The van der Waals surface area contributed by atoms with E-state index in [4.69, 9.17) is 0 Å². The molecule has 0 saturated carbocycles. The lowest BCUT2D eigenvalue weighted by atomic mass is 9.72. The molecule has 2 amide bonds. The molecule has 1 heterocycles. The number of rotatable bonds is 6. The Hall–Kier alpha value is -3.13. The van der Waals surface area contributed by atoms with E-state index in [0.717, 1.165) is 11.6 Å². The minimum atomic E-state index is -4.61. The van der Waals surface area contributed by atoms with E-state index in [0.29, 0.717) is 25.9 Å². The molecule has 1 unspecified atom stereocenters. The highest BCUT2D eigenvalue weighted by Crippen LogP contribution is 2.37. The second-order valence-electron chi connectivity index (χ2n) is 7.79. The number of hydrogen-bond donors (Lipinski definition) is 2. The first-order valence-corrected chi connectivity index (χ1v) is 10.3. The number of nitrogens with one attached hydrogen (secondary N) is 1. The van der Waals surface area contributed by atoms with Crippen molar-refractivity contribution in [3.63, 3.8) is 0 Å². The van der Waals surface area contributed by atoms with Crippen molar-refractivity contribution in [1.82, 2.24) is 10.2 Å². The highest BCUT2D eigenvalue weighted by molar-refractivity contribution is 5.90. The Morgan fingerprint density at radius 1 is 1.09 bits per heavy atom. The Bertz CT molecular complexity index is 968. The molecular weight excluding hydrogens is 421 g/mol. The number of carbonyl (C=O) groups is 2. The van der Waals surface area contributed by atoms with Crippen LogP contribution in [-0.4, -0.2) is 41.5 Å². The number of halogens is 3. The summed E-state index contributed by atoms with van der Waals surface area (Å²) in [7, 11) is 0. The number of piperidine rings is 1. The van der Waals surface area contributed by atoms with Crippen LogP contribution in [0.3, 0.4) is 0 Å². The van der Waals surface area contributed by atoms with Crippen molar-refractivity contribution in [3.8, 4) is 0 Å². The van der Waals surface area contributed by atoms with E-state index in [1.54, 1.807) is 17.0 Å². The van der Waals surface area contributed by atoms with Crippen LogP contribution in [0.4, 0.5) is 13.2 Å². The Balaban J connectivity index is 1.79. The number of benzene rings is 2. The van der Waals surface area contributed by atoms with E-state index >= 15 is 0 Å². The van der Waals surface area contributed by atoms with Gasteiger partial charge < -0.3 is 15.3 Å². The van der Waals surface area contributed by atoms with Gasteiger partial charge in [-0.3, -0.25) is 9.59 Å². The number of hydrogen-bond acceptors (Lipinski definition) is 3. The van der Waals surface area contributed by atoms with Crippen LogP contribution in [0.25, 0.3) is 0 Å². The third kappa shape index (κ3) is 4.85. The summed E-state index contributed by atoms with van der Waals surface area (Å²) in [5, 5.41) is 13.1. The Kier molecular flexibility index (Phi) is 7.03. The molecule has 0 aromatic heterocycles. The quantitative estimate of drug-likeness (QED) is 0.667. The number of carbonyl (C=O) groups excluding carboxylic acids is 2. The third-order valence-corrected chi connectivity index (χ3v) is 5.95. The molecule has 0 aliphatic carbocycles. The van der Waals surface area contributed by atoms with Crippen molar-refractivity contribution in [2.24, 2.45) is 0 Å². The summed E-state index contributed by atoms with van der Waals surface area (Å²) in [6.45, 7) is 3.80. The van der Waals surface area contributed by atoms with Crippen molar-refractivity contribution in [3.05, 3.63) is 83.9 Å². The largest absolute Gasteiger partial charge is 0.416 e. The SMILES string of the molecule is C=CC(=O)N1CCC(C(=O)NCC(O)c2ccccc2C(F)(F)F)(c2ccccc2)CC1. The molecule has 1 saturated heterocycles. The van der Waals surface area contributed by atoms with E-state index in [2.05, 4.69) is 11.9 Å². The first-order valence-electron chi connectivity index (χ1n) is 10.3. The number of alkyl halides is 3. The van der Waals surface area contributed by atoms with Gasteiger partial charge in [-0.1, -0.05) is 55.1 Å². The standard InChI is InChI=1S/C24H25F3N2O3/c1-2-21(31)29-14-12-23(13-15-29,17-8-4-3-5-9-17)22(32)28-16-20(30)18-10-6-7-11-19(18)24(25,26)27/h2-11,20,30H,1,12-16H2,(H,28,32). The highest BCUT2D eigenvalue weighted by atomic mass is 19.4. The fourth-order valence-corrected chi connectivity index (χ4v) is 4.16. The normalized spacial score (nSPS) is 16.8. The van der Waals surface area contributed by atoms with Gasteiger partial charge in [0.2, 0.25) is 11.8 Å². The molecule has 2 aromatic rings. The zero-order chi connectivity index (χ0) is 23.4. The average molecular weight is 446 g/mol. The molecule has 2 N–H and O–H groups in total. The van der Waals surface area contributed by atoms with Gasteiger partial charge in [-0.25, -0.2) is 0 Å². The lowest BCUT2D eigenvalue weighted by Crippen LogP contribution is -2.53. The van der Waals surface area contributed by atoms with Crippen molar-refractivity contribution in [1.29, 1.82) is 0 Å². The Morgan fingerprint density at radius 2 is 1.69 bits per heavy atom. The lowest BCUT2D eigenvalue weighted by molar-refractivity contribution is -0.139. The smallest absolute Gasteiger partial charge is 0.387 e. The van der Waals surface area contributed by atoms with E-state index in [9.17, 15) is 27.9 Å². The van der Waals surface area contributed by atoms with E-state index < -0.39 is 29.2 Å². The molecule has 3 rings (SSSR count). The summed E-state index contributed by atoms with van der Waals surface area (Å²) in [6, 6.07) is 13.8. The van der Waals surface area contributed by atoms with Gasteiger partial charge in [0, 0.05) is 19.6 Å². The first kappa shape index (κ1) is 23.5. The zero-order valence-corrected chi connectivity index (χ0v) is 17.4. The second kappa shape index (κ2) is 9.56. The monoisotopic (exact) mass is 446 g/mol. The molecule has 1 aliphatic heterocycles. The van der Waals surface area contributed by atoms with Crippen LogP contribution in [0.1, 0.15) is 35.6 Å². The van der Waals surface area contributed by atoms with E-state index in [1.165, 1.54) is 24.3 Å². The third-order valence-electron chi connectivity index (χ3n) is 5.95. The number of amides is 2. The molecule has 170 valence electrons. The molecule has 32 heavy (non-hydrogen) atoms. The summed E-state index contributed by atoms with van der Waals surface area (Å²) in [5.74, 6) is -0.607. The maximum absolute atomic E-state index is 13.3. The molecule has 1 atom stereocenters. The first-order chi connectivity index (χ1) is 15.2. The summed E-state index contributed by atoms with van der Waals surface area (Å²) < 4.78 is 39.8. The number of nitrogens with zero attached hydrogens (tertiary/aromatic N) is 1. The van der Waals surface area contributed by atoms with Crippen LogP contribution < -0.4 is 5.32 Å². The van der Waals surface area contributed by atoms with Crippen LogP contribution in [0.5, 0.6) is 0 Å². The maximum Gasteiger partial charge on any atom is 0.416 e. The summed E-state index contributed by atoms with van der Waals surface area (Å²) in [6.07, 6.45) is -4.22. The van der Waals surface area contributed by atoms with Crippen LogP contribution >= 0.6 is 0 Å². The number of aliphatic hydroxyl groups excluding tert-OH is 1. The molecule has 2 aromatic carbocycles. The van der Waals surface area contributed by atoms with E-state index in [1.807, 2.05) is 18.2 Å². The van der Waals surface area contributed by atoms with Crippen LogP contribution in [0.2, 0.25) is 0 Å². The Morgan fingerprint density at radius 3 is 2.28 bits per heavy atom. The van der Waals surface area contributed by atoms with Gasteiger partial charge in [0.25, 0.3) is 0 Å². The average Bonchev–Trinajstić information content (AvgIpc) is 2.81. The molecule has 8 heteroatoms. The summed E-state index contributed by atoms with van der Waals surface area (Å²) in [5.41, 5.74) is -1.42. The number of likely N-dealkylation sites (tertiary alicyclic amines) is 1. The molecule has 1 aliphatic rings. The topological polar surface area (TPSA) is 69.6 Å². The van der Waals surface area contributed by atoms with Crippen molar-refractivity contribution < 1.29 is 27.9 Å². The molecule has 0 bridgehead atoms. The summed E-state index contributed by atoms with van der Waals surface area (Å²) >= 11 is 0. The fourth-order valence-electron chi connectivity index (χ4n) is 4.16. The second-order valence-corrected chi connectivity index (χ2v) is 7.79. The van der Waals surface area contributed by atoms with Crippen molar-refractivity contribution in [2.75, 3.05) is 19.6 Å². The lowest BCUT2D eigenvalue weighted by Gasteiger charge is -2.41. The van der Waals surface area contributed by atoms with Crippen molar-refractivity contribution >= 4 is 11.8 Å². The van der Waals surface area contributed by atoms with Gasteiger partial charge in [-0.05, 0) is 36.1 Å². The molecule has 5 nitrogen and oxygen atoms in total. The van der Waals surface area contributed by atoms with Crippen LogP contribution in [0.15, 0.2) is 67.3 Å². The highest BCUT2D eigenvalue weighted by Gasteiger charge is 2.43. The predicted molar refractivity (Wildman–Crippen MR) is 114 cm³/mol. The van der Waals surface area contributed by atoms with Crippen LogP contribution in [0, 0.1) is 0 Å². The molecule has 0 radical (unpaired) electrons. The fraction of sp³-hybridized carbons (Fsp3) is 0.333. The number of aliphatic hydroxyl groups is 1. The van der Waals surface area contributed by atoms with Gasteiger partial charge in [0.15, 0.2) is 0 Å². The van der Waals surface area contributed by atoms with Crippen molar-refractivity contribution in [2.45, 2.75) is 30.5 Å². The van der Waals surface area contributed by atoms with Gasteiger partial charge in [-0.15, -0.1) is 0 Å². The minimum Gasteiger partial charge on any atom is -0.387 e. The molecule has 1 fully saturated rings. The maximum atomic E-state index is 13.3. The summed E-state index contributed by atoms with van der Waals surface area (Å²) in [4.78, 5) is 26.9. The zero-order valence-electron chi connectivity index (χ0n) is 17.4. The molecular formula is C24H25F3N2O3. The van der Waals surface area contributed by atoms with Gasteiger partial charge >= 0.3 is 6.18 Å². The molecule has 0 spiro atoms. The van der Waals surface area contributed by atoms with Gasteiger partial charge in [-0.2, -0.15) is 13.2 Å².